The number of rotatable bonds is 4. The zero-order chi connectivity index (χ0) is 13.8. The van der Waals surface area contributed by atoms with E-state index < -0.39 is 0 Å². The number of hydrogen-bond acceptors (Lipinski definition) is 5. The van der Waals surface area contributed by atoms with Crippen LogP contribution in [0.5, 0.6) is 0 Å². The second kappa shape index (κ2) is 5.71. The van der Waals surface area contributed by atoms with Crippen molar-refractivity contribution in [2.45, 2.75) is 13.5 Å². The number of thiocarbonyl (C=S) groups is 1. The Balaban J connectivity index is 2.18. The van der Waals surface area contributed by atoms with E-state index in [0.29, 0.717) is 18.2 Å². The van der Waals surface area contributed by atoms with E-state index in [9.17, 15) is 0 Å². The molecule has 0 amide bonds. The molecule has 0 aliphatic heterocycles. The molecule has 19 heavy (non-hydrogen) atoms. The number of anilines is 1. The van der Waals surface area contributed by atoms with Gasteiger partial charge in [-0.15, -0.1) is 0 Å². The van der Waals surface area contributed by atoms with E-state index in [1.165, 1.54) is 0 Å². The van der Waals surface area contributed by atoms with Crippen molar-refractivity contribution >= 4 is 23.2 Å². The lowest BCUT2D eigenvalue weighted by Gasteiger charge is -2.17. The summed E-state index contributed by atoms with van der Waals surface area (Å²) in [6, 6.07) is 7.62. The zero-order valence-electron chi connectivity index (χ0n) is 10.9. The molecule has 0 aromatic carbocycles. The molecule has 0 fully saturated rings. The molecule has 0 radical (unpaired) electrons. The molecule has 2 aromatic rings. The average Bonchev–Trinajstić information content (AvgIpc) is 2.39. The van der Waals surface area contributed by atoms with Crippen LogP contribution in [0, 0.1) is 6.92 Å². The average molecular weight is 273 g/mol. The van der Waals surface area contributed by atoms with Crippen LogP contribution in [-0.2, 0) is 6.54 Å². The molecule has 2 heterocycles. The van der Waals surface area contributed by atoms with Gasteiger partial charge >= 0.3 is 0 Å². The minimum atomic E-state index is 0.269. The van der Waals surface area contributed by atoms with Crippen LogP contribution < -0.4 is 10.6 Å². The summed E-state index contributed by atoms with van der Waals surface area (Å²) in [6.07, 6.45) is 1.65. The maximum Gasteiger partial charge on any atom is 0.226 e. The van der Waals surface area contributed by atoms with Crippen molar-refractivity contribution in [3.05, 3.63) is 47.5 Å². The summed E-state index contributed by atoms with van der Waals surface area (Å²) in [6.45, 7) is 2.59. The highest BCUT2D eigenvalue weighted by Crippen LogP contribution is 2.09. The minimum absolute atomic E-state index is 0.269. The van der Waals surface area contributed by atoms with Gasteiger partial charge in [-0.05, 0) is 25.1 Å². The van der Waals surface area contributed by atoms with Gasteiger partial charge in [0.25, 0.3) is 0 Å². The molecular formula is C13H15N5S. The largest absolute Gasteiger partial charge is 0.388 e. The Hall–Kier alpha value is -2.08. The highest BCUT2D eigenvalue weighted by molar-refractivity contribution is 7.80. The fourth-order valence-electron chi connectivity index (χ4n) is 1.67. The van der Waals surface area contributed by atoms with Crippen molar-refractivity contribution in [3.8, 4) is 0 Å². The Morgan fingerprint density at radius 3 is 2.79 bits per heavy atom. The molecule has 98 valence electrons. The fourth-order valence-corrected chi connectivity index (χ4v) is 1.78. The number of aryl methyl sites for hydroxylation is 1. The lowest BCUT2D eigenvalue weighted by atomic mass is 10.3. The summed E-state index contributed by atoms with van der Waals surface area (Å²) in [4.78, 5) is 15.1. The van der Waals surface area contributed by atoms with Crippen LogP contribution in [0.1, 0.15) is 17.1 Å². The summed E-state index contributed by atoms with van der Waals surface area (Å²) in [7, 11) is 1.91. The third-order valence-electron chi connectivity index (χ3n) is 2.58. The van der Waals surface area contributed by atoms with Crippen LogP contribution in [0.25, 0.3) is 0 Å². The van der Waals surface area contributed by atoms with E-state index in [2.05, 4.69) is 15.0 Å². The molecule has 0 unspecified atom stereocenters. The third kappa shape index (κ3) is 3.45. The number of hydrogen-bond donors (Lipinski definition) is 1. The molecule has 0 spiro atoms. The zero-order valence-corrected chi connectivity index (χ0v) is 11.7. The van der Waals surface area contributed by atoms with Crippen LogP contribution in [0.3, 0.4) is 0 Å². The van der Waals surface area contributed by atoms with Crippen molar-refractivity contribution in [2.75, 3.05) is 11.9 Å². The second-order valence-corrected chi connectivity index (χ2v) is 4.67. The molecule has 2 N–H and O–H groups in total. The van der Waals surface area contributed by atoms with Crippen LogP contribution in [0.4, 0.5) is 5.95 Å². The van der Waals surface area contributed by atoms with Crippen molar-refractivity contribution in [2.24, 2.45) is 5.73 Å². The van der Waals surface area contributed by atoms with Gasteiger partial charge < -0.3 is 10.6 Å². The number of nitrogens with two attached hydrogens (primary N) is 1. The summed E-state index contributed by atoms with van der Waals surface area (Å²) in [5, 5.41) is 0. The van der Waals surface area contributed by atoms with Gasteiger partial charge in [0.1, 0.15) is 10.7 Å². The van der Waals surface area contributed by atoms with E-state index in [1.54, 1.807) is 12.3 Å². The lowest BCUT2D eigenvalue weighted by molar-refractivity contribution is 0.835. The standard InChI is InChI=1S/C13H15N5S/c1-9-4-3-5-10(16-9)8-18(2)13-15-7-6-11(17-13)12(14)19/h3-7H,8H2,1-2H3,(H2,14,19). The molecule has 6 heteroatoms. The number of pyridine rings is 1. The van der Waals surface area contributed by atoms with Gasteiger partial charge in [0.05, 0.1) is 12.2 Å². The van der Waals surface area contributed by atoms with Gasteiger partial charge in [0.15, 0.2) is 0 Å². The highest BCUT2D eigenvalue weighted by Gasteiger charge is 2.08. The molecule has 0 aliphatic carbocycles. The molecular weight excluding hydrogens is 258 g/mol. The van der Waals surface area contributed by atoms with Gasteiger partial charge in [-0.2, -0.15) is 0 Å². The predicted octanol–water partition coefficient (Wildman–Crippen LogP) is 1.45. The van der Waals surface area contributed by atoms with Gasteiger partial charge in [-0.3, -0.25) is 4.98 Å². The Labute approximate surface area is 117 Å². The summed E-state index contributed by atoms with van der Waals surface area (Å²) in [5.41, 5.74) is 8.09. The van der Waals surface area contributed by atoms with E-state index in [0.717, 1.165) is 11.4 Å². The summed E-state index contributed by atoms with van der Waals surface area (Å²) < 4.78 is 0. The maximum absolute atomic E-state index is 5.57. The molecule has 0 atom stereocenters. The predicted molar refractivity (Wildman–Crippen MR) is 79.0 cm³/mol. The van der Waals surface area contributed by atoms with Crippen molar-refractivity contribution in [1.82, 2.24) is 15.0 Å². The normalized spacial score (nSPS) is 10.2. The first-order chi connectivity index (χ1) is 9.06. The van der Waals surface area contributed by atoms with Gasteiger partial charge in [-0.25, -0.2) is 9.97 Å². The first kappa shape index (κ1) is 13.4. The Bertz CT molecular complexity index is 599. The maximum atomic E-state index is 5.57. The Kier molecular flexibility index (Phi) is 4.01. The monoisotopic (exact) mass is 273 g/mol. The van der Waals surface area contributed by atoms with Crippen molar-refractivity contribution in [1.29, 1.82) is 0 Å². The van der Waals surface area contributed by atoms with Crippen LogP contribution in [-0.4, -0.2) is 27.0 Å². The minimum Gasteiger partial charge on any atom is -0.388 e. The quantitative estimate of drug-likeness (QED) is 0.850. The Morgan fingerprint density at radius 2 is 2.11 bits per heavy atom. The highest BCUT2D eigenvalue weighted by atomic mass is 32.1. The van der Waals surface area contributed by atoms with Crippen molar-refractivity contribution in [3.63, 3.8) is 0 Å². The SMILES string of the molecule is Cc1cccc(CN(C)c2nccc(C(N)=S)n2)n1. The first-order valence-corrected chi connectivity index (χ1v) is 6.23. The van der Waals surface area contributed by atoms with E-state index in [4.69, 9.17) is 18.0 Å². The molecule has 0 aliphatic rings. The number of aromatic nitrogens is 3. The third-order valence-corrected chi connectivity index (χ3v) is 2.79. The molecule has 0 saturated carbocycles. The van der Waals surface area contributed by atoms with Crippen LogP contribution in [0.15, 0.2) is 30.5 Å². The molecule has 0 saturated heterocycles. The van der Waals surface area contributed by atoms with Crippen molar-refractivity contribution < 1.29 is 0 Å². The van der Waals surface area contributed by atoms with Crippen LogP contribution >= 0.6 is 12.2 Å². The summed E-state index contributed by atoms with van der Waals surface area (Å²) in [5.74, 6) is 0.577. The van der Waals surface area contributed by atoms with E-state index >= 15 is 0 Å². The second-order valence-electron chi connectivity index (χ2n) is 4.23. The summed E-state index contributed by atoms with van der Waals surface area (Å²) >= 11 is 4.91. The smallest absolute Gasteiger partial charge is 0.226 e. The first-order valence-electron chi connectivity index (χ1n) is 5.83. The molecule has 5 nitrogen and oxygen atoms in total. The van der Waals surface area contributed by atoms with E-state index in [-0.39, 0.29) is 4.99 Å². The number of nitrogens with zero attached hydrogens (tertiary/aromatic N) is 4. The molecule has 0 bridgehead atoms. The Morgan fingerprint density at radius 1 is 1.32 bits per heavy atom. The van der Waals surface area contributed by atoms with Gasteiger partial charge in [0, 0.05) is 18.9 Å². The van der Waals surface area contributed by atoms with Gasteiger partial charge in [-0.1, -0.05) is 18.3 Å². The molecule has 2 aromatic heterocycles. The molecule has 2 rings (SSSR count). The lowest BCUT2D eigenvalue weighted by Crippen LogP contribution is -2.22. The fraction of sp³-hybridized carbons (Fsp3) is 0.231. The topological polar surface area (TPSA) is 67.9 Å². The van der Waals surface area contributed by atoms with Crippen LogP contribution in [0.2, 0.25) is 0 Å². The van der Waals surface area contributed by atoms with E-state index in [1.807, 2.05) is 37.1 Å². The van der Waals surface area contributed by atoms with Gasteiger partial charge in [0.2, 0.25) is 5.95 Å².